The third-order valence-corrected chi connectivity index (χ3v) is 13.3. The van der Waals surface area contributed by atoms with E-state index in [1.807, 2.05) is 36.5 Å². The molecule has 8 nitrogen and oxygen atoms in total. The molecule has 0 aliphatic carbocycles. The molecule has 72 heavy (non-hydrogen) atoms. The molecule has 1 saturated heterocycles. The fourth-order valence-corrected chi connectivity index (χ4v) is 9.54. The van der Waals surface area contributed by atoms with Crippen LogP contribution < -0.4 is 20.0 Å². The molecule has 0 bridgehead atoms. The number of fused-ring (bicyclic) bond motifs is 4. The zero-order valence-corrected chi connectivity index (χ0v) is 44.5. The molecule has 1 fully saturated rings. The second-order valence-electron chi connectivity index (χ2n) is 21.8. The topological polar surface area (TPSA) is 61.2 Å². The molecule has 362 valence electrons. The van der Waals surface area contributed by atoms with Crippen molar-refractivity contribution >= 4 is 71.4 Å². The molecule has 0 amide bonds. The van der Waals surface area contributed by atoms with Crippen LogP contribution in [0.2, 0.25) is 10.6 Å². The first-order chi connectivity index (χ1) is 34.1. The van der Waals surface area contributed by atoms with Crippen LogP contribution in [0.4, 0.5) is 22.7 Å². The molecule has 0 atom stereocenters. The van der Waals surface area contributed by atoms with Crippen molar-refractivity contribution in [3.63, 3.8) is 0 Å². The van der Waals surface area contributed by atoms with Gasteiger partial charge in [0, 0.05) is 72.4 Å². The van der Waals surface area contributed by atoms with Crippen molar-refractivity contribution in [1.82, 2.24) is 9.55 Å². The maximum absolute atomic E-state index is 6.81. The van der Waals surface area contributed by atoms with E-state index in [-0.39, 0.29) is 37.1 Å². The standard InChI is InChI=1S/C60H56B3N4O4.Pt/c1-58(2,3)44-34-35-64-56(37-44)67-52-33-30-43(41-20-12-10-13-21-41)36-50(52)49-32-31-47(39-55(49)67)68-46-25-18-24-45(38-46)65-40-66(54-29-17-16-28-53(54)65)57-48(42-22-14-11-15-23-42)26-19-27-51(57)61-69-62(59(4,5)6)71-63(70-61)60(7,8)9;/h10-37,40H,1-9H3;/q-3;. The molecule has 11 rings (SSSR count). The van der Waals surface area contributed by atoms with Crippen molar-refractivity contribution in [2.75, 3.05) is 9.80 Å². The molecule has 0 unspecified atom stereocenters. The number of ether oxygens (including phenoxy) is 1. The van der Waals surface area contributed by atoms with E-state index in [0.717, 1.165) is 78.1 Å². The summed E-state index contributed by atoms with van der Waals surface area (Å²) in [6.45, 7) is 21.6. The number of benzene rings is 7. The van der Waals surface area contributed by atoms with E-state index < -0.39 is 21.4 Å². The molecule has 7 aromatic carbocycles. The Labute approximate surface area is 440 Å². The minimum absolute atomic E-state index is 0. The average molecular weight is 1120 g/mol. The largest absolute Gasteiger partial charge is 0.509 e. The summed E-state index contributed by atoms with van der Waals surface area (Å²) in [5.41, 5.74) is 12.1. The molecular weight excluding hydrogens is 1070 g/mol. The van der Waals surface area contributed by atoms with Gasteiger partial charge in [0.05, 0.1) is 0 Å². The summed E-state index contributed by atoms with van der Waals surface area (Å²) >= 11 is 0. The first kappa shape index (κ1) is 49.2. The average Bonchev–Trinajstić information content (AvgIpc) is 3.91. The van der Waals surface area contributed by atoms with Gasteiger partial charge in [-0.05, 0) is 74.0 Å². The maximum atomic E-state index is 6.81. The molecule has 9 aromatic rings. The van der Waals surface area contributed by atoms with E-state index in [2.05, 4.69) is 229 Å². The van der Waals surface area contributed by atoms with Crippen LogP contribution in [0.25, 0.3) is 49.9 Å². The second kappa shape index (κ2) is 19.3. The predicted molar refractivity (Wildman–Crippen MR) is 293 cm³/mol. The summed E-state index contributed by atoms with van der Waals surface area (Å²) in [4.78, 5) is 9.35. The van der Waals surface area contributed by atoms with Crippen molar-refractivity contribution in [1.29, 1.82) is 0 Å². The van der Waals surface area contributed by atoms with Crippen LogP contribution >= 0.6 is 0 Å². The zero-order valence-electron chi connectivity index (χ0n) is 42.2. The molecule has 12 heteroatoms. The fraction of sp³-hybridized carbons (Fsp3) is 0.200. The van der Waals surface area contributed by atoms with Crippen LogP contribution in [0.5, 0.6) is 11.5 Å². The Bertz CT molecular complexity index is 3400. The number of hydrogen-bond acceptors (Lipinski definition) is 7. The molecule has 0 radical (unpaired) electrons. The normalized spacial score (nSPS) is 14.3. The Hall–Kier alpha value is -6.35. The van der Waals surface area contributed by atoms with Crippen LogP contribution in [-0.2, 0) is 40.2 Å². The quantitative estimate of drug-likeness (QED) is 0.111. The van der Waals surface area contributed by atoms with Gasteiger partial charge in [-0.15, -0.1) is 48.1 Å². The maximum Gasteiger partial charge on any atom is 0.468 e. The predicted octanol–water partition coefficient (Wildman–Crippen LogP) is 14.9. The van der Waals surface area contributed by atoms with Crippen molar-refractivity contribution in [3.05, 3.63) is 194 Å². The van der Waals surface area contributed by atoms with Crippen molar-refractivity contribution in [2.24, 2.45) is 0 Å². The number of hydrogen-bond donors (Lipinski definition) is 0. The van der Waals surface area contributed by atoms with Gasteiger partial charge in [-0.3, -0.25) is 0 Å². The summed E-state index contributed by atoms with van der Waals surface area (Å²) in [6, 6.07) is 64.2. The number of nitrogens with zero attached hydrogens (tertiary/aromatic N) is 4. The van der Waals surface area contributed by atoms with Crippen molar-refractivity contribution < 1.29 is 39.5 Å². The molecule has 0 spiro atoms. The Kier molecular flexibility index (Phi) is 13.2. The van der Waals surface area contributed by atoms with Gasteiger partial charge in [0.15, 0.2) is 0 Å². The van der Waals surface area contributed by atoms with Gasteiger partial charge < -0.3 is 32.8 Å². The summed E-state index contributed by atoms with van der Waals surface area (Å²) in [5, 5.41) is 1.56. The van der Waals surface area contributed by atoms with Crippen LogP contribution in [-0.4, -0.2) is 30.9 Å². The van der Waals surface area contributed by atoms with Crippen LogP contribution in [0.15, 0.2) is 170 Å². The smallest absolute Gasteiger partial charge is 0.468 e. The molecule has 2 aliphatic heterocycles. The molecule has 2 aliphatic rings. The molecule has 4 heterocycles. The van der Waals surface area contributed by atoms with Gasteiger partial charge in [-0.25, -0.2) is 4.98 Å². The number of aromatic nitrogens is 2. The third-order valence-electron chi connectivity index (χ3n) is 13.3. The first-order valence-electron chi connectivity index (χ1n) is 24.5. The van der Waals surface area contributed by atoms with E-state index in [0.29, 0.717) is 11.5 Å². The van der Waals surface area contributed by atoms with Crippen LogP contribution in [0.1, 0.15) is 67.9 Å². The minimum Gasteiger partial charge on any atom is -0.509 e. The van der Waals surface area contributed by atoms with Gasteiger partial charge in [0.1, 0.15) is 5.82 Å². The van der Waals surface area contributed by atoms with Crippen LogP contribution in [0.3, 0.4) is 0 Å². The fourth-order valence-electron chi connectivity index (χ4n) is 9.54. The Morgan fingerprint density at radius 2 is 1.19 bits per heavy atom. The van der Waals surface area contributed by atoms with Gasteiger partial charge in [0.25, 0.3) is 0 Å². The number of pyridine rings is 1. The molecule has 0 N–H and O–H groups in total. The zero-order chi connectivity index (χ0) is 49.2. The van der Waals surface area contributed by atoms with E-state index in [4.69, 9.17) is 23.4 Å². The summed E-state index contributed by atoms with van der Waals surface area (Å²) < 4.78 is 29.1. The number of para-hydroxylation sites is 3. The van der Waals surface area contributed by atoms with Crippen LogP contribution in [0, 0.1) is 18.8 Å². The Morgan fingerprint density at radius 1 is 0.556 bits per heavy atom. The van der Waals surface area contributed by atoms with Gasteiger partial charge in [-0.1, -0.05) is 171 Å². The Balaban J connectivity index is 0.00000596. The van der Waals surface area contributed by atoms with E-state index in [1.165, 1.54) is 5.56 Å². The second-order valence-corrected chi connectivity index (χ2v) is 21.8. The van der Waals surface area contributed by atoms with Crippen molar-refractivity contribution in [2.45, 2.75) is 78.4 Å². The number of rotatable bonds is 8. The summed E-state index contributed by atoms with van der Waals surface area (Å²) in [7, 11) is -1.73. The third kappa shape index (κ3) is 9.44. The molecule has 2 aromatic heterocycles. The number of anilines is 4. The van der Waals surface area contributed by atoms with E-state index in [9.17, 15) is 0 Å². The van der Waals surface area contributed by atoms with Gasteiger partial charge >= 0.3 is 21.4 Å². The monoisotopic (exact) mass is 1120 g/mol. The molecular formula is C60H56B3N4O4Pt-3. The first-order valence-corrected chi connectivity index (χ1v) is 24.5. The van der Waals surface area contributed by atoms with Crippen molar-refractivity contribution in [3.8, 4) is 39.6 Å². The van der Waals surface area contributed by atoms with E-state index in [1.54, 1.807) is 0 Å². The summed E-state index contributed by atoms with van der Waals surface area (Å²) in [5.74, 6) is 1.95. The molecule has 0 saturated carbocycles. The summed E-state index contributed by atoms with van der Waals surface area (Å²) in [6.07, 6.45) is 1.90. The minimum atomic E-state index is -0.717. The van der Waals surface area contributed by atoms with Gasteiger partial charge in [0.2, 0.25) is 0 Å². The SMILES string of the molecule is CC(C)(C)B1OB(c2cccc(-c3ccccc3)c2N2[CH-]N(c3[c-]c(Oc4[c-]c5c(cc4)c4cc(-c6ccccc6)ccc4n5-c4cc(C(C)(C)C)ccn4)ccc3)c3ccccc32)OB(C(C)(C)C)O1.[Pt]. The Morgan fingerprint density at radius 3 is 1.88 bits per heavy atom. The van der Waals surface area contributed by atoms with E-state index >= 15 is 0 Å². The van der Waals surface area contributed by atoms with Gasteiger partial charge in [-0.2, -0.15) is 12.1 Å².